The largest absolute Gasteiger partial charge is 0.471 e. The van der Waals surface area contributed by atoms with E-state index in [2.05, 4.69) is 5.16 Å². The molecule has 1 aliphatic rings. The number of fused-ring (bicyclic) bond motifs is 1. The first kappa shape index (κ1) is 17.3. The maximum atomic E-state index is 13.5. The summed E-state index contributed by atoms with van der Waals surface area (Å²) in [6, 6.07) is 15.6. The van der Waals surface area contributed by atoms with Gasteiger partial charge in [-0.15, -0.1) is 0 Å². The number of aryl methyl sites for hydroxylation is 1. The molecule has 1 aliphatic heterocycles. The number of aromatic nitrogens is 1. The van der Waals surface area contributed by atoms with Gasteiger partial charge >= 0.3 is 0 Å². The highest BCUT2D eigenvalue weighted by Gasteiger charge is 2.31. The van der Waals surface area contributed by atoms with Crippen LogP contribution in [-0.4, -0.2) is 17.1 Å². The number of hydrogen-bond donors (Lipinski definition) is 0. The molecule has 5 nitrogen and oxygen atoms in total. The quantitative estimate of drug-likeness (QED) is 0.688. The predicted molar refractivity (Wildman–Crippen MR) is 98.3 cm³/mol. The molecule has 6 heteroatoms. The first-order chi connectivity index (χ1) is 13.1. The zero-order valence-corrected chi connectivity index (χ0v) is 14.9. The summed E-state index contributed by atoms with van der Waals surface area (Å²) in [4.78, 5) is 14.6. The summed E-state index contributed by atoms with van der Waals surface area (Å²) in [5.74, 6) is -0.252. The molecule has 1 atom stereocenters. The molecular weight excluding hydrogens is 347 g/mol. The molecule has 4 rings (SSSR count). The Balaban J connectivity index is 1.52. The van der Waals surface area contributed by atoms with Gasteiger partial charge in [0.15, 0.2) is 0 Å². The molecule has 3 aromatic rings. The Morgan fingerprint density at radius 2 is 2.07 bits per heavy atom. The van der Waals surface area contributed by atoms with Gasteiger partial charge in [0.2, 0.25) is 5.76 Å². The second kappa shape index (κ2) is 7.23. The molecule has 0 saturated heterocycles. The van der Waals surface area contributed by atoms with E-state index in [-0.39, 0.29) is 29.4 Å². The first-order valence-electron chi connectivity index (χ1n) is 8.87. The van der Waals surface area contributed by atoms with Crippen LogP contribution in [0.5, 0.6) is 5.88 Å². The molecule has 138 valence electrons. The third-order valence-corrected chi connectivity index (χ3v) is 4.72. The number of carbonyl (C=O) groups is 1. The summed E-state index contributed by atoms with van der Waals surface area (Å²) < 4.78 is 24.3. The van der Waals surface area contributed by atoms with E-state index in [9.17, 15) is 9.18 Å². The summed E-state index contributed by atoms with van der Waals surface area (Å²) in [6.45, 7) is 2.30. The van der Waals surface area contributed by atoms with Crippen molar-refractivity contribution in [2.75, 3.05) is 4.90 Å². The van der Waals surface area contributed by atoms with Crippen molar-refractivity contribution in [1.29, 1.82) is 0 Å². The van der Waals surface area contributed by atoms with Crippen molar-refractivity contribution in [3.8, 4) is 5.88 Å². The third-order valence-electron chi connectivity index (χ3n) is 4.72. The number of benzene rings is 2. The van der Waals surface area contributed by atoms with Gasteiger partial charge in [0.05, 0.1) is 6.07 Å². The van der Waals surface area contributed by atoms with Gasteiger partial charge in [-0.25, -0.2) is 4.39 Å². The molecule has 0 bridgehead atoms. The van der Waals surface area contributed by atoms with Gasteiger partial charge < -0.3 is 14.2 Å². The fraction of sp³-hybridized carbons (Fsp3) is 0.238. The van der Waals surface area contributed by atoms with Crippen LogP contribution in [0.4, 0.5) is 10.1 Å². The lowest BCUT2D eigenvalue weighted by molar-refractivity contribution is 0.0938. The van der Waals surface area contributed by atoms with Crippen LogP contribution >= 0.6 is 0 Å². The fourth-order valence-electron chi connectivity index (χ4n) is 3.31. The van der Waals surface area contributed by atoms with E-state index in [1.54, 1.807) is 11.0 Å². The minimum Gasteiger partial charge on any atom is -0.471 e. The lowest BCUT2D eigenvalue weighted by Gasteiger charge is -2.34. The van der Waals surface area contributed by atoms with E-state index < -0.39 is 0 Å². The molecule has 1 amide bonds. The molecule has 0 radical (unpaired) electrons. The zero-order chi connectivity index (χ0) is 18.8. The normalized spacial score (nSPS) is 16.1. The Bertz CT molecular complexity index is 955. The molecule has 1 aromatic heterocycles. The van der Waals surface area contributed by atoms with E-state index in [1.165, 1.54) is 18.2 Å². The minimum atomic E-state index is -0.308. The number of rotatable bonds is 4. The van der Waals surface area contributed by atoms with Crippen molar-refractivity contribution in [1.82, 2.24) is 5.16 Å². The Hall–Kier alpha value is -3.15. The van der Waals surface area contributed by atoms with Crippen molar-refractivity contribution < 1.29 is 18.4 Å². The third kappa shape index (κ3) is 3.56. The highest BCUT2D eigenvalue weighted by Crippen LogP contribution is 2.33. The smallest absolute Gasteiger partial charge is 0.297 e. The standard InChI is InChI=1S/C21H19FN2O3/c1-14-7-8-16-11-17(22)9-10-18(16)24(14)21(25)19-12-20(23-27-19)26-13-15-5-3-2-4-6-15/h2-6,9-12,14H,7-8,13H2,1H3. The summed E-state index contributed by atoms with van der Waals surface area (Å²) in [5, 5.41) is 3.84. The molecule has 0 aliphatic carbocycles. The number of nitrogens with zero attached hydrogens (tertiary/aromatic N) is 2. The van der Waals surface area contributed by atoms with E-state index >= 15 is 0 Å². The van der Waals surface area contributed by atoms with Gasteiger partial charge in [-0.3, -0.25) is 4.79 Å². The van der Waals surface area contributed by atoms with Crippen molar-refractivity contribution in [3.63, 3.8) is 0 Å². The number of halogens is 1. The van der Waals surface area contributed by atoms with Gasteiger partial charge in [-0.2, -0.15) is 0 Å². The number of amides is 1. The molecule has 0 fully saturated rings. The second-order valence-electron chi connectivity index (χ2n) is 6.64. The molecule has 27 heavy (non-hydrogen) atoms. The molecule has 0 spiro atoms. The van der Waals surface area contributed by atoms with Crippen LogP contribution in [0.2, 0.25) is 0 Å². The topological polar surface area (TPSA) is 55.6 Å². The number of carbonyl (C=O) groups excluding carboxylic acids is 1. The van der Waals surface area contributed by atoms with Crippen molar-refractivity contribution in [2.24, 2.45) is 0 Å². The SMILES string of the molecule is CC1CCc2cc(F)ccc2N1C(=O)c1cc(OCc2ccccc2)no1. The molecule has 1 unspecified atom stereocenters. The van der Waals surface area contributed by atoms with Crippen LogP contribution < -0.4 is 9.64 Å². The van der Waals surface area contributed by atoms with Gasteiger partial charge in [-0.05, 0) is 54.2 Å². The van der Waals surface area contributed by atoms with Gasteiger partial charge in [0.25, 0.3) is 11.8 Å². The zero-order valence-electron chi connectivity index (χ0n) is 14.9. The Kier molecular flexibility index (Phi) is 4.62. The summed E-state index contributed by atoms with van der Waals surface area (Å²) >= 11 is 0. The van der Waals surface area contributed by atoms with Crippen molar-refractivity contribution in [3.05, 3.63) is 77.3 Å². The van der Waals surface area contributed by atoms with Crippen LogP contribution in [0.3, 0.4) is 0 Å². The summed E-state index contributed by atoms with van der Waals surface area (Å²) in [6.07, 6.45) is 1.49. The van der Waals surface area contributed by atoms with Crippen LogP contribution in [0, 0.1) is 5.82 Å². The number of hydrogen-bond acceptors (Lipinski definition) is 4. The average molecular weight is 366 g/mol. The Labute approximate surface area is 156 Å². The van der Waals surface area contributed by atoms with Crippen LogP contribution in [-0.2, 0) is 13.0 Å². The van der Waals surface area contributed by atoms with Crippen LogP contribution in [0.25, 0.3) is 0 Å². The Morgan fingerprint density at radius 1 is 1.26 bits per heavy atom. The fourth-order valence-corrected chi connectivity index (χ4v) is 3.31. The van der Waals surface area contributed by atoms with E-state index in [4.69, 9.17) is 9.26 Å². The summed E-state index contributed by atoms with van der Waals surface area (Å²) in [5.41, 5.74) is 2.53. The molecule has 0 N–H and O–H groups in total. The van der Waals surface area contributed by atoms with Crippen molar-refractivity contribution in [2.45, 2.75) is 32.4 Å². The van der Waals surface area contributed by atoms with Crippen LogP contribution in [0.1, 0.15) is 35.0 Å². The molecule has 2 heterocycles. The van der Waals surface area contributed by atoms with Crippen LogP contribution in [0.15, 0.2) is 59.1 Å². The van der Waals surface area contributed by atoms with E-state index in [0.29, 0.717) is 12.3 Å². The predicted octanol–water partition coefficient (Wildman–Crippen LogP) is 4.37. The first-order valence-corrected chi connectivity index (χ1v) is 8.87. The van der Waals surface area contributed by atoms with Gasteiger partial charge in [0.1, 0.15) is 12.4 Å². The molecule has 0 saturated carbocycles. The minimum absolute atomic E-state index is 0.0192. The number of anilines is 1. The average Bonchev–Trinajstić information content (AvgIpc) is 3.16. The highest BCUT2D eigenvalue weighted by atomic mass is 19.1. The van der Waals surface area contributed by atoms with E-state index in [1.807, 2.05) is 37.3 Å². The monoisotopic (exact) mass is 366 g/mol. The second-order valence-corrected chi connectivity index (χ2v) is 6.64. The number of ether oxygens (including phenoxy) is 1. The molecule has 2 aromatic carbocycles. The summed E-state index contributed by atoms with van der Waals surface area (Å²) in [7, 11) is 0. The Morgan fingerprint density at radius 3 is 2.89 bits per heavy atom. The van der Waals surface area contributed by atoms with Crippen molar-refractivity contribution >= 4 is 11.6 Å². The highest BCUT2D eigenvalue weighted by molar-refractivity contribution is 6.05. The van der Waals surface area contributed by atoms with Gasteiger partial charge in [0, 0.05) is 11.7 Å². The lowest BCUT2D eigenvalue weighted by Crippen LogP contribution is -2.42. The van der Waals surface area contributed by atoms with E-state index in [0.717, 1.165) is 24.0 Å². The maximum Gasteiger partial charge on any atom is 0.297 e. The van der Waals surface area contributed by atoms with Gasteiger partial charge in [-0.1, -0.05) is 30.3 Å². The molecular formula is C21H19FN2O3. The maximum absolute atomic E-state index is 13.5. The lowest BCUT2D eigenvalue weighted by atomic mass is 9.96.